The summed E-state index contributed by atoms with van der Waals surface area (Å²) >= 11 is 0. The van der Waals surface area contributed by atoms with Crippen molar-refractivity contribution >= 4 is 0 Å². The molecule has 0 saturated heterocycles. The van der Waals surface area contributed by atoms with Gasteiger partial charge in [0.1, 0.15) is 0 Å². The molecule has 0 bridgehead atoms. The van der Waals surface area contributed by atoms with Crippen molar-refractivity contribution in [1.82, 2.24) is 19.9 Å². The zero-order valence-electron chi connectivity index (χ0n) is 17.8. The number of aromatic nitrogens is 4. The summed E-state index contributed by atoms with van der Waals surface area (Å²) < 4.78 is 0. The van der Waals surface area contributed by atoms with Gasteiger partial charge in [-0.15, -0.1) is 0 Å². The van der Waals surface area contributed by atoms with Gasteiger partial charge in [-0.2, -0.15) is 0 Å². The van der Waals surface area contributed by atoms with Gasteiger partial charge in [-0.1, -0.05) is 49.7 Å². The molecule has 1 aromatic carbocycles. The number of aryl methyl sites for hydroxylation is 3. The smallest absolute Gasteiger partial charge is 0.160 e. The first-order valence-corrected chi connectivity index (χ1v) is 10.5. The van der Waals surface area contributed by atoms with Gasteiger partial charge in [0.25, 0.3) is 0 Å². The van der Waals surface area contributed by atoms with Crippen LogP contribution < -0.4 is 0 Å². The van der Waals surface area contributed by atoms with Gasteiger partial charge < -0.3 is 0 Å². The Morgan fingerprint density at radius 2 is 1.23 bits per heavy atom. The first kappa shape index (κ1) is 19.9. The third kappa shape index (κ3) is 4.60. The molecule has 30 heavy (non-hydrogen) atoms. The average Bonchev–Trinajstić information content (AvgIpc) is 2.79. The van der Waals surface area contributed by atoms with Gasteiger partial charge in [-0.3, -0.25) is 9.97 Å². The van der Waals surface area contributed by atoms with Gasteiger partial charge in [0.2, 0.25) is 0 Å². The largest absolute Gasteiger partial charge is 0.254 e. The molecule has 150 valence electrons. The zero-order valence-corrected chi connectivity index (χ0v) is 17.8. The van der Waals surface area contributed by atoms with Crippen molar-refractivity contribution in [2.75, 3.05) is 0 Å². The summed E-state index contributed by atoms with van der Waals surface area (Å²) in [5.74, 6) is 0.689. The van der Waals surface area contributed by atoms with Gasteiger partial charge in [0, 0.05) is 18.0 Å². The van der Waals surface area contributed by atoms with Crippen molar-refractivity contribution in [2.45, 2.75) is 40.0 Å². The molecule has 4 aromatic rings. The van der Waals surface area contributed by atoms with E-state index in [2.05, 4.69) is 53.3 Å². The lowest BCUT2D eigenvalue weighted by atomic mass is 10.1. The maximum absolute atomic E-state index is 4.84. The summed E-state index contributed by atoms with van der Waals surface area (Å²) in [5, 5.41) is 0. The number of hydrogen-bond donors (Lipinski definition) is 0. The van der Waals surface area contributed by atoms with Crippen LogP contribution in [0.2, 0.25) is 0 Å². The zero-order chi connectivity index (χ0) is 20.9. The monoisotopic (exact) mass is 394 g/mol. The quantitative estimate of drug-likeness (QED) is 0.389. The molecule has 4 nitrogen and oxygen atoms in total. The molecule has 0 atom stereocenters. The molecule has 0 saturated carbocycles. The first-order valence-electron chi connectivity index (χ1n) is 10.5. The molecule has 0 N–H and O–H groups in total. The van der Waals surface area contributed by atoms with Crippen molar-refractivity contribution in [1.29, 1.82) is 0 Å². The SMILES string of the molecule is CCCCc1ccc(-c2nc(-c3ccc(C)cn3)cc(-c3ccc(C)cn3)n2)cc1. The van der Waals surface area contributed by atoms with Gasteiger partial charge >= 0.3 is 0 Å². The van der Waals surface area contributed by atoms with Gasteiger partial charge in [0.05, 0.1) is 22.8 Å². The van der Waals surface area contributed by atoms with Crippen molar-refractivity contribution < 1.29 is 0 Å². The number of pyridine rings is 2. The molecule has 0 amide bonds. The van der Waals surface area contributed by atoms with Gasteiger partial charge in [-0.25, -0.2) is 9.97 Å². The fourth-order valence-electron chi connectivity index (χ4n) is 3.28. The van der Waals surface area contributed by atoms with Crippen molar-refractivity contribution in [2.24, 2.45) is 0 Å². The van der Waals surface area contributed by atoms with Crippen molar-refractivity contribution in [3.05, 3.63) is 83.7 Å². The molecule has 0 unspecified atom stereocenters. The van der Waals surface area contributed by atoms with E-state index in [9.17, 15) is 0 Å². The summed E-state index contributed by atoms with van der Waals surface area (Å²) in [6.45, 7) is 6.28. The number of rotatable bonds is 6. The molecule has 0 radical (unpaired) electrons. The van der Waals surface area contributed by atoms with Crippen molar-refractivity contribution in [3.8, 4) is 34.2 Å². The van der Waals surface area contributed by atoms with Crippen LogP contribution in [0.1, 0.15) is 36.5 Å². The highest BCUT2D eigenvalue weighted by molar-refractivity contribution is 5.68. The lowest BCUT2D eigenvalue weighted by molar-refractivity contribution is 0.795. The second-order valence-corrected chi connectivity index (χ2v) is 7.70. The summed E-state index contributed by atoms with van der Waals surface area (Å²) in [7, 11) is 0. The van der Waals surface area contributed by atoms with Crippen LogP contribution in [0.4, 0.5) is 0 Å². The van der Waals surface area contributed by atoms with Crippen LogP contribution in [-0.2, 0) is 6.42 Å². The van der Waals surface area contributed by atoms with E-state index in [1.54, 1.807) is 0 Å². The van der Waals surface area contributed by atoms with Gasteiger partial charge in [-0.05, 0) is 61.6 Å². The average molecular weight is 395 g/mol. The van der Waals surface area contributed by atoms with Crippen LogP contribution in [0.25, 0.3) is 34.2 Å². The van der Waals surface area contributed by atoms with E-state index in [1.165, 1.54) is 18.4 Å². The summed E-state index contributed by atoms with van der Waals surface area (Å²) in [6, 6.07) is 18.6. The minimum Gasteiger partial charge on any atom is -0.254 e. The Balaban J connectivity index is 1.78. The Bertz CT molecular complexity index is 1050. The number of benzene rings is 1. The minimum atomic E-state index is 0.689. The molecule has 4 heteroatoms. The van der Waals surface area contributed by atoms with Crippen LogP contribution in [0.5, 0.6) is 0 Å². The number of hydrogen-bond acceptors (Lipinski definition) is 4. The fraction of sp³-hybridized carbons (Fsp3) is 0.231. The molecule has 0 aliphatic rings. The molecule has 0 aliphatic carbocycles. The molecular formula is C26H26N4. The first-order chi connectivity index (χ1) is 14.6. The molecule has 4 rings (SSSR count). The Kier molecular flexibility index (Phi) is 5.94. The Hall–Kier alpha value is -3.40. The highest BCUT2D eigenvalue weighted by Gasteiger charge is 2.12. The Labute approximate surface area is 178 Å². The van der Waals surface area contributed by atoms with Gasteiger partial charge in [0.15, 0.2) is 5.82 Å². The highest BCUT2D eigenvalue weighted by atomic mass is 14.9. The molecule has 0 aliphatic heterocycles. The van der Waals surface area contributed by atoms with Crippen LogP contribution >= 0.6 is 0 Å². The standard InChI is InChI=1S/C26H26N4/c1-4-5-6-20-9-11-21(12-10-20)26-29-24(22-13-7-18(2)16-27-22)15-25(30-26)23-14-8-19(3)17-28-23/h7-17H,4-6H2,1-3H3. The number of nitrogens with zero attached hydrogens (tertiary/aromatic N) is 4. The second kappa shape index (κ2) is 8.95. The summed E-state index contributed by atoms with van der Waals surface area (Å²) in [6.07, 6.45) is 7.23. The van der Waals surface area contributed by atoms with E-state index < -0.39 is 0 Å². The Morgan fingerprint density at radius 3 is 1.70 bits per heavy atom. The van der Waals surface area contributed by atoms with E-state index in [1.807, 2.05) is 44.4 Å². The molecule has 0 spiro atoms. The van der Waals surface area contributed by atoms with Crippen LogP contribution in [0.15, 0.2) is 67.0 Å². The van der Waals surface area contributed by atoms with E-state index in [4.69, 9.17) is 9.97 Å². The van der Waals surface area contributed by atoms with E-state index in [-0.39, 0.29) is 0 Å². The van der Waals surface area contributed by atoms with E-state index >= 15 is 0 Å². The third-order valence-electron chi connectivity index (χ3n) is 5.10. The minimum absolute atomic E-state index is 0.689. The molecule has 3 aromatic heterocycles. The lowest BCUT2D eigenvalue weighted by Crippen LogP contribution is -1.98. The van der Waals surface area contributed by atoms with Crippen LogP contribution in [-0.4, -0.2) is 19.9 Å². The molecule has 0 fully saturated rings. The predicted octanol–water partition coefficient (Wildman–Crippen LogP) is 6.23. The lowest BCUT2D eigenvalue weighted by Gasteiger charge is -2.09. The van der Waals surface area contributed by atoms with E-state index in [0.717, 1.165) is 45.9 Å². The summed E-state index contributed by atoms with van der Waals surface area (Å²) in [5.41, 5.74) is 7.84. The fourth-order valence-corrected chi connectivity index (χ4v) is 3.28. The van der Waals surface area contributed by atoms with Crippen LogP contribution in [0.3, 0.4) is 0 Å². The topological polar surface area (TPSA) is 51.6 Å². The van der Waals surface area contributed by atoms with Crippen molar-refractivity contribution in [3.63, 3.8) is 0 Å². The van der Waals surface area contributed by atoms with Crippen LogP contribution in [0, 0.1) is 13.8 Å². The normalized spacial score (nSPS) is 10.9. The predicted molar refractivity (Wildman–Crippen MR) is 122 cm³/mol. The third-order valence-corrected chi connectivity index (χ3v) is 5.10. The Morgan fingerprint density at radius 1 is 0.667 bits per heavy atom. The highest BCUT2D eigenvalue weighted by Crippen LogP contribution is 2.26. The molecular weight excluding hydrogens is 368 g/mol. The summed E-state index contributed by atoms with van der Waals surface area (Å²) in [4.78, 5) is 18.8. The maximum atomic E-state index is 4.84. The maximum Gasteiger partial charge on any atom is 0.160 e. The number of unbranched alkanes of at least 4 members (excludes halogenated alkanes) is 1. The second-order valence-electron chi connectivity index (χ2n) is 7.70. The molecule has 3 heterocycles. The van der Waals surface area contributed by atoms with E-state index in [0.29, 0.717) is 5.82 Å².